The SMILES string of the molecule is Cc1noc(C)c1CSCC(=O)NCCCCCCO. The second-order valence-electron chi connectivity index (χ2n) is 4.78. The van der Waals surface area contributed by atoms with Crippen molar-refractivity contribution < 1.29 is 14.4 Å². The minimum atomic E-state index is 0.0731. The first-order valence-electron chi connectivity index (χ1n) is 7.02. The first kappa shape index (κ1) is 17.0. The van der Waals surface area contributed by atoms with E-state index in [2.05, 4.69) is 10.5 Å². The van der Waals surface area contributed by atoms with E-state index < -0.39 is 0 Å². The largest absolute Gasteiger partial charge is 0.396 e. The minimum Gasteiger partial charge on any atom is -0.396 e. The molecule has 0 saturated carbocycles. The van der Waals surface area contributed by atoms with Crippen molar-refractivity contribution in [2.45, 2.75) is 45.3 Å². The lowest BCUT2D eigenvalue weighted by molar-refractivity contribution is -0.118. The van der Waals surface area contributed by atoms with Crippen LogP contribution in [0.3, 0.4) is 0 Å². The van der Waals surface area contributed by atoms with Crippen LogP contribution >= 0.6 is 11.8 Å². The van der Waals surface area contributed by atoms with Gasteiger partial charge in [0.1, 0.15) is 5.76 Å². The van der Waals surface area contributed by atoms with E-state index in [4.69, 9.17) is 9.63 Å². The Bertz CT molecular complexity index is 388. The fourth-order valence-electron chi connectivity index (χ4n) is 1.82. The number of aliphatic hydroxyl groups excluding tert-OH is 1. The van der Waals surface area contributed by atoms with Crippen molar-refractivity contribution >= 4 is 17.7 Å². The van der Waals surface area contributed by atoms with Gasteiger partial charge >= 0.3 is 0 Å². The first-order chi connectivity index (χ1) is 9.65. The van der Waals surface area contributed by atoms with Gasteiger partial charge in [0.05, 0.1) is 11.4 Å². The maximum atomic E-state index is 11.6. The molecule has 0 aliphatic rings. The molecular formula is C14H24N2O3S. The van der Waals surface area contributed by atoms with Gasteiger partial charge in [0, 0.05) is 24.5 Å². The van der Waals surface area contributed by atoms with Crippen molar-refractivity contribution in [1.29, 1.82) is 0 Å². The Morgan fingerprint density at radius 1 is 1.30 bits per heavy atom. The van der Waals surface area contributed by atoms with E-state index in [9.17, 15) is 4.79 Å². The van der Waals surface area contributed by atoms with Gasteiger partial charge in [-0.3, -0.25) is 4.79 Å². The lowest BCUT2D eigenvalue weighted by Gasteiger charge is -2.05. The van der Waals surface area contributed by atoms with Gasteiger partial charge < -0.3 is 14.9 Å². The number of carbonyl (C=O) groups is 1. The van der Waals surface area contributed by atoms with Crippen LogP contribution in [-0.4, -0.2) is 35.1 Å². The standard InChI is InChI=1S/C14H24N2O3S/c1-11-13(12(2)19-16-11)9-20-10-14(18)15-7-5-3-4-6-8-17/h17H,3-10H2,1-2H3,(H,15,18). The Morgan fingerprint density at radius 3 is 2.70 bits per heavy atom. The number of nitrogens with one attached hydrogen (secondary N) is 1. The number of aliphatic hydroxyl groups is 1. The van der Waals surface area contributed by atoms with Crippen LogP contribution in [-0.2, 0) is 10.5 Å². The maximum absolute atomic E-state index is 11.6. The van der Waals surface area contributed by atoms with Crippen LogP contribution in [0.2, 0.25) is 0 Å². The van der Waals surface area contributed by atoms with Crippen molar-refractivity contribution in [2.75, 3.05) is 18.9 Å². The molecule has 0 unspecified atom stereocenters. The highest BCUT2D eigenvalue weighted by Gasteiger charge is 2.09. The molecule has 6 heteroatoms. The molecule has 0 aliphatic heterocycles. The number of aryl methyl sites for hydroxylation is 2. The molecule has 0 radical (unpaired) electrons. The van der Waals surface area contributed by atoms with E-state index >= 15 is 0 Å². The van der Waals surface area contributed by atoms with Gasteiger partial charge in [0.2, 0.25) is 5.91 Å². The third-order valence-corrected chi connectivity index (χ3v) is 4.03. The number of aromatic nitrogens is 1. The van der Waals surface area contributed by atoms with E-state index in [-0.39, 0.29) is 12.5 Å². The number of unbranched alkanes of at least 4 members (excludes halogenated alkanes) is 3. The third kappa shape index (κ3) is 6.43. The second kappa shape index (κ2) is 9.83. The van der Waals surface area contributed by atoms with Crippen LogP contribution < -0.4 is 5.32 Å². The maximum Gasteiger partial charge on any atom is 0.230 e. The molecule has 1 amide bonds. The monoisotopic (exact) mass is 300 g/mol. The van der Waals surface area contributed by atoms with Crippen molar-refractivity contribution in [3.8, 4) is 0 Å². The highest BCUT2D eigenvalue weighted by molar-refractivity contribution is 7.99. The van der Waals surface area contributed by atoms with Crippen LogP contribution in [0.4, 0.5) is 0 Å². The molecule has 0 atom stereocenters. The lowest BCUT2D eigenvalue weighted by atomic mass is 10.2. The molecule has 1 heterocycles. The Balaban J connectivity index is 2.06. The highest BCUT2D eigenvalue weighted by atomic mass is 32.2. The van der Waals surface area contributed by atoms with Crippen molar-refractivity contribution in [3.05, 3.63) is 17.0 Å². The first-order valence-corrected chi connectivity index (χ1v) is 8.17. The van der Waals surface area contributed by atoms with E-state index in [1.807, 2.05) is 13.8 Å². The van der Waals surface area contributed by atoms with E-state index in [0.29, 0.717) is 5.75 Å². The average molecular weight is 300 g/mol. The molecule has 0 bridgehead atoms. The summed E-state index contributed by atoms with van der Waals surface area (Å²) in [7, 11) is 0. The zero-order chi connectivity index (χ0) is 14.8. The predicted octanol–water partition coefficient (Wildman–Crippen LogP) is 2.19. The molecule has 20 heavy (non-hydrogen) atoms. The van der Waals surface area contributed by atoms with Crippen LogP contribution in [0.25, 0.3) is 0 Å². The Kier molecular flexibility index (Phi) is 8.37. The molecule has 2 N–H and O–H groups in total. The van der Waals surface area contributed by atoms with Gasteiger partial charge in [-0.25, -0.2) is 0 Å². The number of nitrogens with zero attached hydrogens (tertiary/aromatic N) is 1. The summed E-state index contributed by atoms with van der Waals surface area (Å²) in [5.74, 6) is 2.12. The number of thioether (sulfide) groups is 1. The van der Waals surface area contributed by atoms with Crippen LogP contribution in [0.1, 0.15) is 42.7 Å². The molecule has 1 aromatic rings. The topological polar surface area (TPSA) is 75.4 Å². The minimum absolute atomic E-state index is 0.0731. The van der Waals surface area contributed by atoms with Gasteiger partial charge in [-0.15, -0.1) is 11.8 Å². The highest BCUT2D eigenvalue weighted by Crippen LogP contribution is 2.19. The van der Waals surface area contributed by atoms with E-state index in [1.165, 1.54) is 0 Å². The molecule has 5 nitrogen and oxygen atoms in total. The number of carbonyl (C=O) groups excluding carboxylic acids is 1. The molecular weight excluding hydrogens is 276 g/mol. The zero-order valence-corrected chi connectivity index (χ0v) is 13.1. The predicted molar refractivity (Wildman–Crippen MR) is 80.7 cm³/mol. The number of rotatable bonds is 10. The van der Waals surface area contributed by atoms with Crippen molar-refractivity contribution in [2.24, 2.45) is 0 Å². The summed E-state index contributed by atoms with van der Waals surface area (Å²) in [4.78, 5) is 11.6. The average Bonchev–Trinajstić information content (AvgIpc) is 2.74. The smallest absolute Gasteiger partial charge is 0.230 e. The number of amides is 1. The third-order valence-electron chi connectivity index (χ3n) is 3.07. The summed E-state index contributed by atoms with van der Waals surface area (Å²) in [5.41, 5.74) is 1.99. The molecule has 1 aromatic heterocycles. The van der Waals surface area contributed by atoms with E-state index in [0.717, 1.165) is 55.0 Å². The summed E-state index contributed by atoms with van der Waals surface area (Å²) < 4.78 is 5.08. The fraction of sp³-hybridized carbons (Fsp3) is 0.714. The van der Waals surface area contributed by atoms with Crippen molar-refractivity contribution in [3.63, 3.8) is 0 Å². The Hall–Kier alpha value is -1.01. The summed E-state index contributed by atoms with van der Waals surface area (Å²) in [6, 6.07) is 0. The molecule has 0 saturated heterocycles. The summed E-state index contributed by atoms with van der Waals surface area (Å²) >= 11 is 1.57. The molecule has 1 rings (SSSR count). The normalized spacial score (nSPS) is 10.8. The number of hydrogen-bond donors (Lipinski definition) is 2. The molecule has 0 spiro atoms. The van der Waals surface area contributed by atoms with Crippen LogP contribution in [0, 0.1) is 13.8 Å². The summed E-state index contributed by atoms with van der Waals surface area (Å²) in [6.07, 6.45) is 3.89. The fourth-order valence-corrected chi connectivity index (χ4v) is 2.83. The van der Waals surface area contributed by atoms with Gasteiger partial charge in [-0.2, -0.15) is 0 Å². The second-order valence-corrected chi connectivity index (χ2v) is 5.77. The Labute approximate surface area is 124 Å². The quantitative estimate of drug-likeness (QED) is 0.648. The van der Waals surface area contributed by atoms with E-state index in [1.54, 1.807) is 11.8 Å². The van der Waals surface area contributed by atoms with Crippen molar-refractivity contribution in [1.82, 2.24) is 10.5 Å². The summed E-state index contributed by atoms with van der Waals surface area (Å²) in [6.45, 7) is 4.78. The lowest BCUT2D eigenvalue weighted by Crippen LogP contribution is -2.26. The van der Waals surface area contributed by atoms with Gasteiger partial charge in [-0.1, -0.05) is 18.0 Å². The number of hydrogen-bond acceptors (Lipinski definition) is 5. The zero-order valence-electron chi connectivity index (χ0n) is 12.3. The molecule has 0 aromatic carbocycles. The molecule has 114 valence electrons. The Morgan fingerprint density at radius 2 is 2.05 bits per heavy atom. The van der Waals surface area contributed by atoms with Gasteiger partial charge in [-0.05, 0) is 26.7 Å². The molecule has 0 aliphatic carbocycles. The van der Waals surface area contributed by atoms with Crippen LogP contribution in [0.15, 0.2) is 4.52 Å². The molecule has 0 fully saturated rings. The van der Waals surface area contributed by atoms with Crippen LogP contribution in [0.5, 0.6) is 0 Å². The van der Waals surface area contributed by atoms with Gasteiger partial charge in [0.15, 0.2) is 0 Å². The van der Waals surface area contributed by atoms with Gasteiger partial charge in [0.25, 0.3) is 0 Å². The summed E-state index contributed by atoms with van der Waals surface area (Å²) in [5, 5.41) is 15.4.